The van der Waals surface area contributed by atoms with Crippen LogP contribution in [0.2, 0.25) is 0 Å². The molecule has 0 radical (unpaired) electrons. The highest BCUT2D eigenvalue weighted by Gasteiger charge is 2.26. The van der Waals surface area contributed by atoms with Gasteiger partial charge >= 0.3 is 0 Å². The van der Waals surface area contributed by atoms with Crippen molar-refractivity contribution in [3.63, 3.8) is 0 Å². The molecule has 0 aliphatic heterocycles. The number of anilines is 1. The number of hydrazone groups is 1. The molecule has 23 heavy (non-hydrogen) atoms. The van der Waals surface area contributed by atoms with Crippen molar-refractivity contribution in [1.82, 2.24) is 4.37 Å². The molecule has 1 aromatic heterocycles. The van der Waals surface area contributed by atoms with Crippen molar-refractivity contribution in [2.24, 2.45) is 5.10 Å². The number of nitriles is 2. The molecule has 0 amide bonds. The summed E-state index contributed by atoms with van der Waals surface area (Å²) in [5, 5.41) is 21.6. The van der Waals surface area contributed by atoms with Crippen molar-refractivity contribution in [1.29, 1.82) is 10.5 Å². The zero-order valence-electron chi connectivity index (χ0n) is 12.0. The number of para-hydroxylation sites is 1. The summed E-state index contributed by atoms with van der Waals surface area (Å²) in [6.07, 6.45) is 0. The molecular formula is C14H11N5O2S2. The number of hydrogen-bond donors (Lipinski definition) is 1. The van der Waals surface area contributed by atoms with Gasteiger partial charge in [0.05, 0.1) is 5.69 Å². The maximum atomic E-state index is 12.3. The van der Waals surface area contributed by atoms with Gasteiger partial charge in [0.25, 0.3) is 0 Å². The standard InChI is InChI=1S/C14H11N5O2S2/c1-10-13(8-16)14(19-22-10)23(20,21)9-12(7-15)18-17-11-5-3-2-4-6-11/h2-6,17H,9H2,1H3/b18-12-. The Bertz CT molecular complexity index is 918. The second-order valence-electron chi connectivity index (χ2n) is 4.44. The van der Waals surface area contributed by atoms with Crippen LogP contribution < -0.4 is 5.43 Å². The highest BCUT2D eigenvalue weighted by molar-refractivity contribution is 7.92. The van der Waals surface area contributed by atoms with E-state index in [1.54, 1.807) is 37.3 Å². The van der Waals surface area contributed by atoms with E-state index < -0.39 is 15.6 Å². The quantitative estimate of drug-likeness (QED) is 0.654. The average Bonchev–Trinajstić information content (AvgIpc) is 2.94. The van der Waals surface area contributed by atoms with E-state index in [1.807, 2.05) is 12.1 Å². The van der Waals surface area contributed by atoms with E-state index in [-0.39, 0.29) is 16.3 Å². The lowest BCUT2D eigenvalue weighted by Gasteiger charge is -2.02. The Morgan fingerprint density at radius 3 is 2.65 bits per heavy atom. The molecule has 0 atom stereocenters. The Labute approximate surface area is 137 Å². The normalized spacial score (nSPS) is 11.5. The van der Waals surface area contributed by atoms with Crippen molar-refractivity contribution in [3.8, 4) is 12.1 Å². The number of aromatic nitrogens is 1. The first-order chi connectivity index (χ1) is 11.0. The lowest BCUT2D eigenvalue weighted by atomic mass is 10.3. The van der Waals surface area contributed by atoms with Crippen molar-refractivity contribution in [3.05, 3.63) is 40.8 Å². The lowest BCUT2D eigenvalue weighted by molar-refractivity contribution is 0.597. The second-order valence-corrected chi connectivity index (χ2v) is 7.32. The van der Waals surface area contributed by atoms with Crippen LogP contribution >= 0.6 is 11.5 Å². The van der Waals surface area contributed by atoms with Crippen LogP contribution in [0.3, 0.4) is 0 Å². The van der Waals surface area contributed by atoms with Gasteiger partial charge in [0, 0.05) is 4.88 Å². The average molecular weight is 345 g/mol. The molecule has 116 valence electrons. The highest BCUT2D eigenvalue weighted by atomic mass is 32.2. The van der Waals surface area contributed by atoms with Gasteiger partial charge in [0.15, 0.2) is 10.7 Å². The lowest BCUT2D eigenvalue weighted by Crippen LogP contribution is -2.17. The van der Waals surface area contributed by atoms with Crippen LogP contribution in [0.25, 0.3) is 0 Å². The smallest absolute Gasteiger partial charge is 0.204 e. The number of rotatable bonds is 5. The fourth-order valence-electron chi connectivity index (χ4n) is 1.67. The van der Waals surface area contributed by atoms with Crippen molar-refractivity contribution >= 4 is 32.8 Å². The molecule has 0 spiro atoms. The predicted octanol–water partition coefficient (Wildman–Crippen LogP) is 2.09. The molecule has 9 heteroatoms. The van der Waals surface area contributed by atoms with Gasteiger partial charge in [0.2, 0.25) is 9.84 Å². The van der Waals surface area contributed by atoms with Crippen molar-refractivity contribution in [2.75, 3.05) is 11.2 Å². The van der Waals surface area contributed by atoms with Gasteiger partial charge in [-0.3, -0.25) is 5.43 Å². The maximum absolute atomic E-state index is 12.3. The van der Waals surface area contributed by atoms with Gasteiger partial charge in [-0.15, -0.1) is 0 Å². The van der Waals surface area contributed by atoms with Gasteiger partial charge in [-0.1, -0.05) is 18.2 Å². The molecule has 0 aliphatic rings. The first-order valence-electron chi connectivity index (χ1n) is 6.35. The molecule has 0 saturated carbocycles. The topological polar surface area (TPSA) is 119 Å². The number of nitrogens with one attached hydrogen (secondary N) is 1. The number of sulfone groups is 1. The number of benzene rings is 1. The van der Waals surface area contributed by atoms with Crippen molar-refractivity contribution in [2.45, 2.75) is 11.9 Å². The summed E-state index contributed by atoms with van der Waals surface area (Å²) in [5.41, 5.74) is 3.04. The van der Waals surface area contributed by atoms with Gasteiger partial charge in [-0.05, 0) is 30.6 Å². The largest absolute Gasteiger partial charge is 0.278 e. The summed E-state index contributed by atoms with van der Waals surface area (Å²) in [5.74, 6) is -0.624. The SMILES string of the molecule is Cc1snc(S(=O)(=O)C/C(C#N)=N\Nc2ccccc2)c1C#N. The molecule has 0 saturated heterocycles. The molecule has 1 aromatic carbocycles. The predicted molar refractivity (Wildman–Crippen MR) is 86.7 cm³/mol. The fraction of sp³-hybridized carbons (Fsp3) is 0.143. The zero-order valence-corrected chi connectivity index (χ0v) is 13.6. The Balaban J connectivity index is 2.24. The van der Waals surface area contributed by atoms with E-state index in [0.717, 1.165) is 11.5 Å². The molecule has 2 aromatic rings. The first-order valence-corrected chi connectivity index (χ1v) is 8.77. The molecule has 7 nitrogen and oxygen atoms in total. The van der Waals surface area contributed by atoms with E-state index in [9.17, 15) is 8.42 Å². The third-order valence-corrected chi connectivity index (χ3v) is 5.19. The fourth-order valence-corrected chi connectivity index (χ4v) is 3.98. The zero-order chi connectivity index (χ0) is 16.9. The molecule has 2 rings (SSSR count). The van der Waals surface area contributed by atoms with E-state index in [4.69, 9.17) is 10.5 Å². The van der Waals surface area contributed by atoms with Gasteiger partial charge < -0.3 is 0 Å². The summed E-state index contributed by atoms with van der Waals surface area (Å²) in [6, 6.07) is 12.4. The molecular weight excluding hydrogens is 334 g/mol. The first kappa shape index (κ1) is 16.6. The van der Waals surface area contributed by atoms with E-state index in [2.05, 4.69) is 14.9 Å². The molecule has 0 bridgehead atoms. The third kappa shape index (κ3) is 3.92. The number of aryl methyl sites for hydroxylation is 1. The monoisotopic (exact) mass is 345 g/mol. The summed E-state index contributed by atoms with van der Waals surface area (Å²) < 4.78 is 28.5. The second kappa shape index (κ2) is 7.01. The van der Waals surface area contributed by atoms with Crippen LogP contribution in [0.1, 0.15) is 10.4 Å². The van der Waals surface area contributed by atoms with Gasteiger partial charge in [-0.25, -0.2) is 8.42 Å². The van der Waals surface area contributed by atoms with Crippen LogP contribution in [-0.4, -0.2) is 24.3 Å². The van der Waals surface area contributed by atoms with Crippen LogP contribution in [-0.2, 0) is 9.84 Å². The van der Waals surface area contributed by atoms with Crippen LogP contribution in [0.15, 0.2) is 40.5 Å². The molecule has 0 unspecified atom stereocenters. The Morgan fingerprint density at radius 2 is 2.04 bits per heavy atom. The summed E-state index contributed by atoms with van der Waals surface area (Å²) in [6.45, 7) is 1.62. The van der Waals surface area contributed by atoms with Crippen LogP contribution in [0.4, 0.5) is 5.69 Å². The Hall–Kier alpha value is -2.75. The minimum absolute atomic E-state index is 0.0170. The molecule has 0 fully saturated rings. The minimum atomic E-state index is -3.91. The minimum Gasteiger partial charge on any atom is -0.278 e. The van der Waals surface area contributed by atoms with Gasteiger partial charge in [0.1, 0.15) is 23.5 Å². The summed E-state index contributed by atoms with van der Waals surface area (Å²) >= 11 is 0.937. The molecule has 0 aliphatic carbocycles. The van der Waals surface area contributed by atoms with Crippen LogP contribution in [0.5, 0.6) is 0 Å². The van der Waals surface area contributed by atoms with Gasteiger partial charge in [-0.2, -0.15) is 20.0 Å². The Kier molecular flexibility index (Phi) is 5.06. The van der Waals surface area contributed by atoms with Crippen LogP contribution in [0, 0.1) is 29.6 Å². The van der Waals surface area contributed by atoms with E-state index in [0.29, 0.717) is 10.6 Å². The Morgan fingerprint density at radius 1 is 1.35 bits per heavy atom. The van der Waals surface area contributed by atoms with E-state index >= 15 is 0 Å². The van der Waals surface area contributed by atoms with Crippen molar-refractivity contribution < 1.29 is 8.42 Å². The van der Waals surface area contributed by atoms with E-state index in [1.165, 1.54) is 0 Å². The molecule has 1 N–H and O–H groups in total. The maximum Gasteiger partial charge on any atom is 0.204 e. The molecule has 1 heterocycles. The third-order valence-electron chi connectivity index (χ3n) is 2.79. The number of nitrogens with zero attached hydrogens (tertiary/aromatic N) is 4. The highest BCUT2D eigenvalue weighted by Crippen LogP contribution is 2.22. The number of hydrogen-bond acceptors (Lipinski definition) is 8. The summed E-state index contributed by atoms with van der Waals surface area (Å²) in [4.78, 5) is 0.518. The summed E-state index contributed by atoms with van der Waals surface area (Å²) in [7, 11) is -3.91.